The van der Waals surface area contributed by atoms with Crippen LogP contribution in [0.2, 0.25) is 0 Å². The normalized spacial score (nSPS) is 29.7. The van der Waals surface area contributed by atoms with E-state index >= 15 is 0 Å². The number of rotatable bonds is 4. The number of aliphatic hydroxyl groups is 1. The molecule has 2 aliphatic heterocycles. The van der Waals surface area contributed by atoms with Crippen LogP contribution in [0.5, 0.6) is 0 Å². The van der Waals surface area contributed by atoms with Crippen molar-refractivity contribution in [2.75, 3.05) is 45.9 Å². The third-order valence-electron chi connectivity index (χ3n) is 5.48. The zero-order valence-electron chi connectivity index (χ0n) is 14.7. The highest BCUT2D eigenvalue weighted by atomic mass is 16.5. The summed E-state index contributed by atoms with van der Waals surface area (Å²) in [4.78, 5) is 4.74. The smallest absolute Gasteiger partial charge is 0.118 e. The Labute approximate surface area is 139 Å². The molecule has 2 fully saturated rings. The van der Waals surface area contributed by atoms with Gasteiger partial charge in [0.15, 0.2) is 0 Å². The summed E-state index contributed by atoms with van der Waals surface area (Å²) in [6, 6.07) is 4.07. The molecule has 0 spiro atoms. The van der Waals surface area contributed by atoms with Gasteiger partial charge in [-0.15, -0.1) is 0 Å². The summed E-state index contributed by atoms with van der Waals surface area (Å²) in [6.45, 7) is 13.1. The predicted molar refractivity (Wildman–Crippen MR) is 89.3 cm³/mol. The number of β-amino-alcohol motifs (C(OH)–C–C–N with tert-alkyl or cyclic N) is 1. The van der Waals surface area contributed by atoms with Gasteiger partial charge in [0, 0.05) is 38.1 Å². The summed E-state index contributed by atoms with van der Waals surface area (Å²) in [7, 11) is 0. The van der Waals surface area contributed by atoms with E-state index in [-0.39, 0.29) is 5.41 Å². The highest BCUT2D eigenvalue weighted by Crippen LogP contribution is 2.39. The average Bonchev–Trinajstić information content (AvgIpc) is 2.89. The van der Waals surface area contributed by atoms with Crippen LogP contribution in [0.15, 0.2) is 16.5 Å². The fourth-order valence-electron chi connectivity index (χ4n) is 3.81. The van der Waals surface area contributed by atoms with E-state index in [4.69, 9.17) is 9.15 Å². The van der Waals surface area contributed by atoms with Crippen LogP contribution in [-0.2, 0) is 11.3 Å². The summed E-state index contributed by atoms with van der Waals surface area (Å²) in [5.41, 5.74) is -0.787. The lowest BCUT2D eigenvalue weighted by atomic mass is 9.69. The number of aryl methyl sites for hydroxylation is 1. The molecule has 1 atom stereocenters. The van der Waals surface area contributed by atoms with Gasteiger partial charge < -0.3 is 14.3 Å². The van der Waals surface area contributed by atoms with Gasteiger partial charge in [0.25, 0.3) is 0 Å². The molecule has 3 heterocycles. The van der Waals surface area contributed by atoms with Crippen molar-refractivity contribution < 1.29 is 14.3 Å². The molecule has 2 aliphatic rings. The molecule has 3 rings (SSSR count). The van der Waals surface area contributed by atoms with Crippen LogP contribution in [0.4, 0.5) is 0 Å². The van der Waals surface area contributed by atoms with Gasteiger partial charge in [0.1, 0.15) is 11.5 Å². The number of hydrogen-bond acceptors (Lipinski definition) is 5. The Morgan fingerprint density at radius 2 is 1.87 bits per heavy atom. The third-order valence-corrected chi connectivity index (χ3v) is 5.48. The average molecular weight is 322 g/mol. The van der Waals surface area contributed by atoms with Gasteiger partial charge in [-0.2, -0.15) is 0 Å². The molecule has 1 aromatic rings. The molecule has 5 nitrogen and oxygen atoms in total. The minimum atomic E-state index is -0.639. The van der Waals surface area contributed by atoms with E-state index in [0.717, 1.165) is 70.4 Å². The molecule has 23 heavy (non-hydrogen) atoms. The first-order chi connectivity index (χ1) is 10.9. The van der Waals surface area contributed by atoms with Crippen molar-refractivity contribution in [1.29, 1.82) is 0 Å². The number of nitrogens with zero attached hydrogens (tertiary/aromatic N) is 2. The SMILES string of the molecule is Cc1ccc(CN2CC[C@](O)(CN3CCOCC3)C(C)(C)C2)o1. The maximum absolute atomic E-state index is 11.3. The van der Waals surface area contributed by atoms with E-state index in [0.29, 0.717) is 0 Å². The second-order valence-electron chi connectivity index (χ2n) is 7.78. The fraction of sp³-hybridized carbons (Fsp3) is 0.778. The van der Waals surface area contributed by atoms with E-state index < -0.39 is 5.60 Å². The van der Waals surface area contributed by atoms with Crippen LogP contribution in [0, 0.1) is 12.3 Å². The standard InChI is InChI=1S/C18H30N2O3/c1-15-4-5-16(23-15)12-20-7-6-18(21,17(2,3)13-20)14-19-8-10-22-11-9-19/h4-5,21H,6-14H2,1-3H3/t18-/m0/s1. The molecule has 0 aliphatic carbocycles. The monoisotopic (exact) mass is 322 g/mol. The quantitative estimate of drug-likeness (QED) is 0.917. The Morgan fingerprint density at radius 3 is 2.48 bits per heavy atom. The molecule has 130 valence electrons. The second kappa shape index (κ2) is 6.55. The Morgan fingerprint density at radius 1 is 1.13 bits per heavy atom. The first-order valence-corrected chi connectivity index (χ1v) is 8.68. The van der Waals surface area contributed by atoms with Crippen LogP contribution in [-0.4, -0.2) is 66.4 Å². The Balaban J connectivity index is 1.61. The summed E-state index contributed by atoms with van der Waals surface area (Å²) in [6.07, 6.45) is 0.803. The van der Waals surface area contributed by atoms with E-state index in [9.17, 15) is 5.11 Å². The van der Waals surface area contributed by atoms with Crippen LogP contribution in [0.25, 0.3) is 0 Å². The van der Waals surface area contributed by atoms with E-state index in [2.05, 4.69) is 29.7 Å². The van der Waals surface area contributed by atoms with Gasteiger partial charge in [-0.05, 0) is 25.5 Å². The van der Waals surface area contributed by atoms with Crippen LogP contribution < -0.4 is 0 Å². The van der Waals surface area contributed by atoms with Crippen molar-refractivity contribution >= 4 is 0 Å². The van der Waals surface area contributed by atoms with Crippen LogP contribution in [0.3, 0.4) is 0 Å². The minimum Gasteiger partial charge on any atom is -0.465 e. The molecule has 0 saturated carbocycles. The highest BCUT2D eigenvalue weighted by molar-refractivity contribution is 5.07. The lowest BCUT2D eigenvalue weighted by molar-refractivity contribution is -0.141. The largest absolute Gasteiger partial charge is 0.465 e. The van der Waals surface area contributed by atoms with E-state index in [1.807, 2.05) is 13.0 Å². The maximum Gasteiger partial charge on any atom is 0.118 e. The van der Waals surface area contributed by atoms with Gasteiger partial charge in [-0.1, -0.05) is 13.8 Å². The van der Waals surface area contributed by atoms with Gasteiger partial charge in [0.2, 0.25) is 0 Å². The molecule has 1 N–H and O–H groups in total. The van der Waals surface area contributed by atoms with E-state index in [1.165, 1.54) is 0 Å². The topological polar surface area (TPSA) is 49.1 Å². The number of furan rings is 1. The number of ether oxygens (including phenoxy) is 1. The summed E-state index contributed by atoms with van der Waals surface area (Å²) in [5, 5.41) is 11.3. The Bertz CT molecular complexity index is 522. The molecule has 1 aromatic heterocycles. The molecule has 0 amide bonds. The van der Waals surface area contributed by atoms with Gasteiger partial charge in [-0.25, -0.2) is 0 Å². The van der Waals surface area contributed by atoms with Crippen molar-refractivity contribution in [3.63, 3.8) is 0 Å². The van der Waals surface area contributed by atoms with Crippen molar-refractivity contribution in [3.8, 4) is 0 Å². The number of hydrogen-bond donors (Lipinski definition) is 1. The number of piperidine rings is 1. The van der Waals surface area contributed by atoms with E-state index in [1.54, 1.807) is 0 Å². The predicted octanol–water partition coefficient (Wildman–Crippen LogP) is 1.88. The van der Waals surface area contributed by atoms with Crippen molar-refractivity contribution in [2.24, 2.45) is 5.41 Å². The van der Waals surface area contributed by atoms with Crippen molar-refractivity contribution in [3.05, 3.63) is 23.7 Å². The lowest BCUT2D eigenvalue weighted by Crippen LogP contribution is -2.62. The van der Waals surface area contributed by atoms with Gasteiger partial charge in [0.05, 0.1) is 25.4 Å². The number of likely N-dealkylation sites (tertiary alicyclic amines) is 1. The molecule has 2 saturated heterocycles. The summed E-state index contributed by atoms with van der Waals surface area (Å²) >= 11 is 0. The first-order valence-electron chi connectivity index (χ1n) is 8.68. The molecule has 0 bridgehead atoms. The fourth-order valence-corrected chi connectivity index (χ4v) is 3.81. The highest BCUT2D eigenvalue weighted by Gasteiger charge is 2.48. The Hall–Kier alpha value is -0.880. The molecular weight excluding hydrogens is 292 g/mol. The molecule has 0 unspecified atom stereocenters. The first kappa shape index (κ1) is 17.0. The molecule has 5 heteroatoms. The number of morpholine rings is 1. The molecular formula is C18H30N2O3. The zero-order valence-corrected chi connectivity index (χ0v) is 14.7. The van der Waals surface area contributed by atoms with Crippen molar-refractivity contribution in [1.82, 2.24) is 9.80 Å². The molecule has 0 aromatic carbocycles. The summed E-state index contributed by atoms with van der Waals surface area (Å²) < 4.78 is 11.1. The second-order valence-corrected chi connectivity index (χ2v) is 7.78. The maximum atomic E-state index is 11.3. The van der Waals surface area contributed by atoms with Gasteiger partial charge >= 0.3 is 0 Å². The van der Waals surface area contributed by atoms with Crippen LogP contribution in [0.1, 0.15) is 31.8 Å². The van der Waals surface area contributed by atoms with Crippen molar-refractivity contribution in [2.45, 2.75) is 39.3 Å². The van der Waals surface area contributed by atoms with Crippen LogP contribution >= 0.6 is 0 Å². The Kier molecular flexibility index (Phi) is 4.83. The minimum absolute atomic E-state index is 0.148. The third kappa shape index (κ3) is 3.79. The summed E-state index contributed by atoms with van der Waals surface area (Å²) in [5.74, 6) is 1.97. The lowest BCUT2D eigenvalue weighted by Gasteiger charge is -2.52. The zero-order chi connectivity index (χ0) is 16.5. The van der Waals surface area contributed by atoms with Gasteiger partial charge in [-0.3, -0.25) is 9.80 Å². The molecule has 0 radical (unpaired) electrons.